The molecule has 4 aliphatic carbocycles. The molecule has 4 rings (SSSR count). The van der Waals surface area contributed by atoms with E-state index in [1.807, 2.05) is 18.1 Å². The van der Waals surface area contributed by atoms with Gasteiger partial charge in [0.15, 0.2) is 0 Å². The number of hydrogen-bond donors (Lipinski definition) is 1. The molecule has 2 heteroatoms. The Balaban J connectivity index is 1.68. The van der Waals surface area contributed by atoms with Crippen LogP contribution in [0.5, 0.6) is 0 Å². The van der Waals surface area contributed by atoms with Crippen LogP contribution in [0.3, 0.4) is 0 Å². The van der Waals surface area contributed by atoms with E-state index in [0.29, 0.717) is 0 Å². The molecule has 0 heterocycles. The van der Waals surface area contributed by atoms with E-state index in [-0.39, 0.29) is 6.10 Å². The molecule has 25 heavy (non-hydrogen) atoms. The molecule has 0 saturated heterocycles. The third-order valence-electron chi connectivity index (χ3n) is 7.36. The monoisotopic (exact) mass is 416 g/mol. The number of aliphatic hydroxyl groups is 1. The molecule has 136 valence electrons. The summed E-state index contributed by atoms with van der Waals surface area (Å²) >= 11 is -2.55. The second kappa shape index (κ2) is 7.43. The van der Waals surface area contributed by atoms with Gasteiger partial charge in [-0.05, 0) is 0 Å². The van der Waals surface area contributed by atoms with Gasteiger partial charge in [0.25, 0.3) is 0 Å². The summed E-state index contributed by atoms with van der Waals surface area (Å²) in [6.45, 7) is 1.98. The zero-order chi connectivity index (χ0) is 17.4. The molecule has 0 aromatic carbocycles. The third-order valence-corrected chi connectivity index (χ3v) is 20.4. The predicted molar refractivity (Wildman–Crippen MR) is 104 cm³/mol. The van der Waals surface area contributed by atoms with Gasteiger partial charge in [-0.2, -0.15) is 0 Å². The van der Waals surface area contributed by atoms with Crippen molar-refractivity contribution in [2.75, 3.05) is 0 Å². The Morgan fingerprint density at radius 3 is 1.88 bits per heavy atom. The maximum atomic E-state index is 10.0. The molecule has 0 radical (unpaired) electrons. The van der Waals surface area contributed by atoms with E-state index in [4.69, 9.17) is 0 Å². The van der Waals surface area contributed by atoms with E-state index in [1.54, 1.807) is 11.1 Å². The minimum atomic E-state index is -2.55. The molecule has 0 aromatic rings. The van der Waals surface area contributed by atoms with E-state index in [0.717, 1.165) is 13.7 Å². The molecular formula is C23H34OZr. The van der Waals surface area contributed by atoms with E-state index in [9.17, 15) is 5.11 Å². The van der Waals surface area contributed by atoms with Crippen molar-refractivity contribution in [3.05, 3.63) is 46.6 Å². The average molecular weight is 418 g/mol. The van der Waals surface area contributed by atoms with Crippen LogP contribution in [0.4, 0.5) is 0 Å². The van der Waals surface area contributed by atoms with Crippen LogP contribution < -0.4 is 0 Å². The van der Waals surface area contributed by atoms with Gasteiger partial charge >= 0.3 is 159 Å². The van der Waals surface area contributed by atoms with Crippen molar-refractivity contribution in [1.82, 2.24) is 0 Å². The fourth-order valence-corrected chi connectivity index (χ4v) is 19.1. The van der Waals surface area contributed by atoms with Crippen LogP contribution in [-0.2, 0) is 20.3 Å². The van der Waals surface area contributed by atoms with Crippen molar-refractivity contribution in [2.24, 2.45) is 0 Å². The summed E-state index contributed by atoms with van der Waals surface area (Å²) in [6, 6.07) is 0. The second-order valence-electron chi connectivity index (χ2n) is 9.08. The topological polar surface area (TPSA) is 20.2 Å². The van der Waals surface area contributed by atoms with Crippen molar-refractivity contribution in [1.29, 1.82) is 0 Å². The summed E-state index contributed by atoms with van der Waals surface area (Å²) in [5.41, 5.74) is 7.04. The summed E-state index contributed by atoms with van der Waals surface area (Å²) in [4.78, 5) is 0. The van der Waals surface area contributed by atoms with E-state index in [1.165, 1.54) is 55.5 Å². The third kappa shape index (κ3) is 3.39. The van der Waals surface area contributed by atoms with Gasteiger partial charge in [-0.3, -0.25) is 0 Å². The van der Waals surface area contributed by atoms with E-state index < -0.39 is 20.3 Å². The fraction of sp³-hybridized carbons (Fsp3) is 0.652. The zero-order valence-electron chi connectivity index (χ0n) is 16.1. The Hall–Kier alpha value is -0.197. The molecule has 0 bridgehead atoms. The van der Waals surface area contributed by atoms with Crippen LogP contribution in [0.2, 0.25) is 16.0 Å². The Bertz CT molecular complexity index is 601. The predicted octanol–water partition coefficient (Wildman–Crippen LogP) is 6.84. The van der Waals surface area contributed by atoms with Gasteiger partial charge in [0.1, 0.15) is 0 Å². The van der Waals surface area contributed by atoms with Gasteiger partial charge in [-0.25, -0.2) is 0 Å². The Morgan fingerprint density at radius 2 is 1.40 bits per heavy atom. The first-order valence-electron chi connectivity index (χ1n) is 10.6. The standard InChI is InChI=1S/2C9H11.C4H9O.CH3.Zr/c2*1-2-5-9-7-3-6-8(9)4-1;1-3-4(2)5;;/h2*3,6-7H,1-2,4-5H2;4-5H,1,3H2,2H3;1H3;. The van der Waals surface area contributed by atoms with Crippen molar-refractivity contribution in [3.8, 4) is 0 Å². The molecule has 0 aromatic heterocycles. The van der Waals surface area contributed by atoms with Crippen molar-refractivity contribution >= 4 is 0 Å². The van der Waals surface area contributed by atoms with E-state index in [2.05, 4.69) is 28.9 Å². The van der Waals surface area contributed by atoms with Crippen LogP contribution in [0.1, 0.15) is 64.7 Å². The van der Waals surface area contributed by atoms with E-state index >= 15 is 0 Å². The number of allylic oxidation sites excluding steroid dienone is 8. The summed E-state index contributed by atoms with van der Waals surface area (Å²) in [5, 5.41) is 10.0. The second-order valence-corrected chi connectivity index (χ2v) is 20.8. The molecule has 1 nitrogen and oxygen atoms in total. The van der Waals surface area contributed by atoms with Gasteiger partial charge in [0.2, 0.25) is 0 Å². The first kappa shape index (κ1) is 18.2. The van der Waals surface area contributed by atoms with Crippen molar-refractivity contribution in [3.63, 3.8) is 0 Å². The molecule has 0 spiro atoms. The van der Waals surface area contributed by atoms with Crippen LogP contribution in [0.25, 0.3) is 0 Å². The Labute approximate surface area is 158 Å². The Morgan fingerprint density at radius 1 is 0.920 bits per heavy atom. The maximum absolute atomic E-state index is 10.0. The first-order valence-corrected chi connectivity index (χ1v) is 17.6. The molecule has 0 saturated carbocycles. The molecule has 0 amide bonds. The van der Waals surface area contributed by atoms with Crippen LogP contribution in [-0.4, -0.2) is 11.2 Å². The summed E-state index contributed by atoms with van der Waals surface area (Å²) < 4.78 is 5.62. The van der Waals surface area contributed by atoms with Gasteiger partial charge in [-0.15, -0.1) is 0 Å². The normalized spacial score (nSPS) is 32.0. The molecule has 3 unspecified atom stereocenters. The summed E-state index contributed by atoms with van der Waals surface area (Å²) in [7, 11) is 0. The molecular weight excluding hydrogens is 383 g/mol. The summed E-state index contributed by atoms with van der Waals surface area (Å²) in [5.74, 6) is 0. The summed E-state index contributed by atoms with van der Waals surface area (Å²) in [6.07, 6.45) is 21.9. The van der Waals surface area contributed by atoms with Gasteiger partial charge in [0, 0.05) is 0 Å². The molecule has 0 fully saturated rings. The van der Waals surface area contributed by atoms with Gasteiger partial charge < -0.3 is 0 Å². The Kier molecular flexibility index (Phi) is 5.41. The van der Waals surface area contributed by atoms with Gasteiger partial charge in [-0.1, -0.05) is 0 Å². The van der Waals surface area contributed by atoms with Crippen LogP contribution >= 0.6 is 0 Å². The van der Waals surface area contributed by atoms with Crippen molar-refractivity contribution < 1.29 is 25.4 Å². The van der Waals surface area contributed by atoms with Crippen molar-refractivity contribution in [2.45, 2.75) is 86.8 Å². The molecule has 0 aliphatic heterocycles. The average Bonchev–Trinajstić information content (AvgIpc) is 3.24. The van der Waals surface area contributed by atoms with Gasteiger partial charge in [0.05, 0.1) is 0 Å². The van der Waals surface area contributed by atoms with Crippen LogP contribution in [0.15, 0.2) is 46.6 Å². The number of aliphatic hydroxyl groups excluding tert-OH is 1. The molecule has 4 aliphatic rings. The molecule has 1 N–H and O–H groups in total. The fourth-order valence-electron chi connectivity index (χ4n) is 5.91. The molecule has 3 atom stereocenters. The quantitative estimate of drug-likeness (QED) is 0.519. The zero-order valence-corrected chi connectivity index (χ0v) is 18.5. The SMILES string of the molecule is CC(O)C[CH2][Zr]([CH3])([CH]1C=CC2=C1CCCC2)[CH]1C=CC2=C1CCCC2. The van der Waals surface area contributed by atoms with Crippen LogP contribution in [0, 0.1) is 0 Å². The number of rotatable bonds is 5. The minimum absolute atomic E-state index is 0.147. The first-order chi connectivity index (χ1) is 12.1. The number of hydrogen-bond acceptors (Lipinski definition) is 1.